The summed E-state index contributed by atoms with van der Waals surface area (Å²) >= 11 is 0. The molecule has 0 bridgehead atoms. The molecule has 2 aromatic rings. The maximum Gasteiger partial charge on any atom is 0.382 e. The van der Waals surface area contributed by atoms with Crippen molar-refractivity contribution in [2.75, 3.05) is 13.2 Å². The van der Waals surface area contributed by atoms with Crippen molar-refractivity contribution in [1.29, 1.82) is 0 Å². The molecule has 2 aromatic carbocycles. The fourth-order valence-corrected chi connectivity index (χ4v) is 6.33. The number of hydrogen-bond acceptors (Lipinski definition) is 11. The lowest BCUT2D eigenvalue weighted by Crippen LogP contribution is -3.28. The Kier molecular flexibility index (Phi) is 12.3. The molecule has 0 aliphatic carbocycles. The minimum absolute atomic E-state index is 0.0261. The van der Waals surface area contributed by atoms with Gasteiger partial charge in [0.05, 0.1) is 13.2 Å². The topological polar surface area (TPSA) is 291 Å². The first kappa shape index (κ1) is 35.9. The SMILES string of the molecule is CC([NH+](Cc1cc([O-])c(CO)cc1O)[C@H](CO)C(CO)[NH+](Cc1cc(CO)c(O)cc1O)[C@H](C)P(=O)(O)O)P(=O)([O-])O. The zero-order valence-electron chi connectivity index (χ0n) is 22.9. The van der Waals surface area contributed by atoms with Crippen LogP contribution in [0, 0.1) is 0 Å². The third kappa shape index (κ3) is 8.41. The molecule has 238 valence electrons. The lowest BCUT2D eigenvalue weighted by Gasteiger charge is -2.42. The number of rotatable bonds is 15. The fourth-order valence-electron chi connectivity index (χ4n) is 4.91. The van der Waals surface area contributed by atoms with Gasteiger partial charge in [-0.2, -0.15) is 0 Å². The van der Waals surface area contributed by atoms with Gasteiger partial charge in [-0.25, -0.2) is 0 Å². The van der Waals surface area contributed by atoms with Crippen LogP contribution in [0.4, 0.5) is 0 Å². The van der Waals surface area contributed by atoms with Gasteiger partial charge in [0.25, 0.3) is 0 Å². The van der Waals surface area contributed by atoms with Crippen molar-refractivity contribution in [2.45, 2.75) is 63.8 Å². The second-order valence-corrected chi connectivity index (χ2v) is 14.0. The molecule has 5 unspecified atom stereocenters. The highest BCUT2D eigenvalue weighted by Gasteiger charge is 2.47. The monoisotopic (exact) mass is 640 g/mol. The molecule has 12 N–H and O–H groups in total. The number of aromatic hydroxyl groups is 3. The second kappa shape index (κ2) is 14.4. The molecule has 0 aliphatic rings. The number of nitrogens with one attached hydrogen (secondary N) is 2. The number of phenolic OH excluding ortho intramolecular Hbond substituents is 2. The van der Waals surface area contributed by atoms with E-state index in [0.29, 0.717) is 0 Å². The number of aliphatic hydroxyl groups is 4. The van der Waals surface area contributed by atoms with E-state index in [4.69, 9.17) is 0 Å². The van der Waals surface area contributed by atoms with Crippen LogP contribution < -0.4 is 19.8 Å². The quantitative estimate of drug-likeness (QED) is 0.0817. The average Bonchev–Trinajstić information content (AvgIpc) is 2.90. The summed E-state index contributed by atoms with van der Waals surface area (Å²) in [6.45, 7) is -2.02. The van der Waals surface area contributed by atoms with Crippen molar-refractivity contribution in [3.05, 3.63) is 46.5 Å². The largest absolute Gasteiger partial charge is 0.872 e. The molecule has 0 spiro atoms. The Bertz CT molecular complexity index is 1320. The van der Waals surface area contributed by atoms with Crippen molar-refractivity contribution < 1.29 is 79.4 Å². The minimum Gasteiger partial charge on any atom is -0.872 e. The average molecular weight is 641 g/mol. The van der Waals surface area contributed by atoms with Gasteiger partial charge in [-0.3, -0.25) is 4.57 Å². The van der Waals surface area contributed by atoms with Crippen molar-refractivity contribution in [2.24, 2.45) is 0 Å². The Morgan fingerprint density at radius 2 is 1.12 bits per heavy atom. The molecule has 2 rings (SSSR count). The molecule has 0 amide bonds. The smallest absolute Gasteiger partial charge is 0.382 e. The van der Waals surface area contributed by atoms with E-state index in [2.05, 4.69) is 0 Å². The van der Waals surface area contributed by atoms with Gasteiger partial charge in [0.2, 0.25) is 0 Å². The van der Waals surface area contributed by atoms with E-state index < -0.39 is 101 Å². The normalized spacial score (nSPS) is 18.0. The van der Waals surface area contributed by atoms with Crippen LogP contribution in [-0.2, 0) is 35.4 Å². The number of quaternary nitrogens is 2. The van der Waals surface area contributed by atoms with E-state index in [1.54, 1.807) is 0 Å². The van der Waals surface area contributed by atoms with E-state index in [1.807, 2.05) is 0 Å². The molecular weight excluding hydrogens is 602 g/mol. The van der Waals surface area contributed by atoms with Crippen molar-refractivity contribution >= 4 is 15.2 Å². The van der Waals surface area contributed by atoms with Crippen LogP contribution in [0.1, 0.15) is 36.1 Å². The first-order chi connectivity index (χ1) is 19.4. The van der Waals surface area contributed by atoms with Gasteiger partial charge in [-0.05, 0) is 31.5 Å². The molecule has 0 aromatic heterocycles. The van der Waals surface area contributed by atoms with Gasteiger partial charge < -0.3 is 74.8 Å². The summed E-state index contributed by atoms with van der Waals surface area (Å²) in [5.74, 6) is -5.58. The summed E-state index contributed by atoms with van der Waals surface area (Å²) in [5.41, 5.74) is -0.358. The lowest BCUT2D eigenvalue weighted by atomic mass is 10.0. The third-order valence-corrected chi connectivity index (χ3v) is 10.2. The Balaban J connectivity index is 2.72. The molecular formula is C24H38N2O14P2. The molecule has 42 heavy (non-hydrogen) atoms. The summed E-state index contributed by atoms with van der Waals surface area (Å²) in [7, 11) is -10.2. The van der Waals surface area contributed by atoms with Gasteiger partial charge in [0, 0.05) is 22.8 Å². The number of phenols is 3. The van der Waals surface area contributed by atoms with Crippen molar-refractivity contribution in [3.8, 4) is 23.0 Å². The van der Waals surface area contributed by atoms with Gasteiger partial charge in [-0.15, -0.1) is 5.75 Å². The fraction of sp³-hybridized carbons (Fsp3) is 0.500. The number of hydrogen-bond donors (Lipinski definition) is 12. The summed E-state index contributed by atoms with van der Waals surface area (Å²) < 4.78 is 24.7. The molecule has 0 saturated carbocycles. The van der Waals surface area contributed by atoms with E-state index in [-0.39, 0.29) is 32.1 Å². The predicted octanol–water partition coefficient (Wildman–Crippen LogP) is -4.53. The van der Waals surface area contributed by atoms with Crippen LogP contribution >= 0.6 is 15.2 Å². The summed E-state index contributed by atoms with van der Waals surface area (Å²) in [5, 5.41) is 83.0. The maximum atomic E-state index is 12.4. The molecule has 0 aliphatic heterocycles. The maximum absolute atomic E-state index is 12.4. The molecule has 16 nitrogen and oxygen atoms in total. The van der Waals surface area contributed by atoms with Crippen LogP contribution in [0.5, 0.6) is 23.0 Å². The predicted molar refractivity (Wildman–Crippen MR) is 141 cm³/mol. The van der Waals surface area contributed by atoms with Crippen molar-refractivity contribution in [3.63, 3.8) is 0 Å². The Labute approximate surface area is 241 Å². The summed E-state index contributed by atoms with van der Waals surface area (Å²) in [6, 6.07) is 1.10. The van der Waals surface area contributed by atoms with E-state index in [0.717, 1.165) is 32.0 Å². The Hall–Kier alpha value is -2.30. The molecule has 7 atom stereocenters. The first-order valence-electron chi connectivity index (χ1n) is 12.7. The van der Waals surface area contributed by atoms with Crippen LogP contribution in [0.2, 0.25) is 0 Å². The van der Waals surface area contributed by atoms with Gasteiger partial charge in [0.15, 0.2) is 25.5 Å². The minimum atomic E-state index is -5.22. The third-order valence-electron chi connectivity index (χ3n) is 7.57. The summed E-state index contributed by atoms with van der Waals surface area (Å²) in [4.78, 5) is 42.0. The Morgan fingerprint density at radius 1 is 0.690 bits per heavy atom. The highest BCUT2D eigenvalue weighted by atomic mass is 31.2. The number of aliphatic hydroxyl groups excluding tert-OH is 4. The second-order valence-electron chi connectivity index (χ2n) is 10.1. The summed E-state index contributed by atoms with van der Waals surface area (Å²) in [6.07, 6.45) is 0. The van der Waals surface area contributed by atoms with Crippen LogP contribution in [0.25, 0.3) is 0 Å². The molecule has 0 heterocycles. The highest BCUT2D eigenvalue weighted by molar-refractivity contribution is 7.52. The van der Waals surface area contributed by atoms with Gasteiger partial charge in [-0.1, -0.05) is 6.07 Å². The zero-order valence-corrected chi connectivity index (χ0v) is 24.6. The zero-order chi connectivity index (χ0) is 32.2. The van der Waals surface area contributed by atoms with Crippen LogP contribution in [-0.4, -0.2) is 87.3 Å². The van der Waals surface area contributed by atoms with E-state index in [9.17, 15) is 69.6 Å². The number of benzene rings is 2. The molecule has 0 saturated heterocycles. The Morgan fingerprint density at radius 3 is 1.55 bits per heavy atom. The van der Waals surface area contributed by atoms with Crippen molar-refractivity contribution in [1.82, 2.24) is 0 Å². The standard InChI is InChI=1S/C24H38N2O14P2/c1-13(41(35,36)37)25(7-15-3-17(9-27)24(34)6-23(15)33)19(11-29)20(12-30)26(14(2)42(38,39)40)8-16-4-22(32)18(10-28)5-21(16)31/h3-6,13-14,19-20,27-34H,7-12H2,1-2H3,(H2,35,36,37)(H2,38,39,40)/t13-,14?,19?,20+/m0/s1. The highest BCUT2D eigenvalue weighted by Crippen LogP contribution is 2.38. The van der Waals surface area contributed by atoms with Gasteiger partial charge >= 0.3 is 7.60 Å². The van der Waals surface area contributed by atoms with E-state index in [1.165, 1.54) is 6.07 Å². The first-order valence-corrected chi connectivity index (χ1v) is 16.0. The molecule has 0 fully saturated rings. The van der Waals surface area contributed by atoms with E-state index >= 15 is 0 Å². The van der Waals surface area contributed by atoms with Gasteiger partial charge in [0.1, 0.15) is 49.3 Å². The molecule has 18 heteroatoms. The van der Waals surface area contributed by atoms with Crippen LogP contribution in [0.15, 0.2) is 24.3 Å². The van der Waals surface area contributed by atoms with Crippen LogP contribution in [0.3, 0.4) is 0 Å². The lowest BCUT2D eigenvalue weighted by molar-refractivity contribution is -1.02. The molecule has 0 radical (unpaired) electrons.